The minimum Gasteiger partial charge on any atom is -0.875 e. The van der Waals surface area contributed by atoms with Gasteiger partial charge in [-0.25, -0.2) is 0 Å². The first-order valence-electron chi connectivity index (χ1n) is 10.3. The molecule has 3 heterocycles. The van der Waals surface area contributed by atoms with Crippen molar-refractivity contribution in [3.63, 3.8) is 0 Å². The number of aromatic nitrogens is 5. The summed E-state index contributed by atoms with van der Waals surface area (Å²) in [6, 6.07) is 31.7. The lowest BCUT2D eigenvalue weighted by Gasteiger charge is -2.03. The van der Waals surface area contributed by atoms with Gasteiger partial charge in [0.2, 0.25) is 0 Å². The zero-order valence-electron chi connectivity index (χ0n) is 17.0. The summed E-state index contributed by atoms with van der Waals surface area (Å²) in [5.74, 6) is 0.970. The van der Waals surface area contributed by atoms with Gasteiger partial charge in [-0.2, -0.15) is 9.38 Å². The average molecular weight is 415 g/mol. The van der Waals surface area contributed by atoms with Gasteiger partial charge in [0.05, 0.1) is 0 Å². The summed E-state index contributed by atoms with van der Waals surface area (Å²) in [6.45, 7) is 0. The molecule has 0 N–H and O–H groups in total. The third-order valence-corrected chi connectivity index (χ3v) is 5.49. The van der Waals surface area contributed by atoms with E-state index in [0.717, 1.165) is 34.3 Å². The van der Waals surface area contributed by atoms with Crippen LogP contribution in [0.2, 0.25) is 0 Å². The van der Waals surface area contributed by atoms with Crippen molar-refractivity contribution < 1.29 is 9.62 Å². The molecule has 0 bridgehead atoms. The van der Waals surface area contributed by atoms with Gasteiger partial charge in [-0.1, -0.05) is 100 Å². The van der Waals surface area contributed by atoms with Gasteiger partial charge in [0.1, 0.15) is 16.7 Å². The minimum atomic E-state index is 0.429. The van der Waals surface area contributed by atoms with Gasteiger partial charge in [0.15, 0.2) is 5.69 Å². The molecule has 3 aromatic carbocycles. The topological polar surface area (TPSA) is 70.2 Å². The standard InChI is InChI=1S/C26H17N5O/c32-17-23-24(20-14-8-3-9-15-20)28-25-29-31-22(19-12-6-2-7-13-19)16-21(27-26(31)30(23)25)18-10-4-1-5-11-18/h1-17H. The highest BCUT2D eigenvalue weighted by atomic mass is 16.2. The van der Waals surface area contributed by atoms with E-state index in [-0.39, 0.29) is 0 Å². The van der Waals surface area contributed by atoms with Gasteiger partial charge >= 0.3 is 11.6 Å². The first-order chi connectivity index (χ1) is 15.8. The molecule has 152 valence electrons. The van der Waals surface area contributed by atoms with Gasteiger partial charge in [-0.15, -0.1) is 6.26 Å². The highest BCUT2D eigenvalue weighted by Gasteiger charge is 2.26. The second-order valence-electron chi connectivity index (χ2n) is 7.44. The first kappa shape index (κ1) is 18.2. The van der Waals surface area contributed by atoms with Crippen molar-refractivity contribution in [3.8, 4) is 33.8 Å². The second kappa shape index (κ2) is 7.28. The number of imidazole rings is 1. The van der Waals surface area contributed by atoms with Crippen molar-refractivity contribution in [1.29, 1.82) is 0 Å². The fourth-order valence-electron chi connectivity index (χ4n) is 3.99. The van der Waals surface area contributed by atoms with Crippen LogP contribution in [0.25, 0.3) is 51.6 Å². The number of hydrogen-bond acceptors (Lipinski definition) is 4. The van der Waals surface area contributed by atoms with Crippen molar-refractivity contribution >= 4 is 17.8 Å². The van der Waals surface area contributed by atoms with E-state index in [9.17, 15) is 5.11 Å². The Hall–Kier alpha value is -4.58. The third-order valence-electron chi connectivity index (χ3n) is 5.49. The van der Waals surface area contributed by atoms with E-state index in [4.69, 9.17) is 10.1 Å². The molecule has 6 nitrogen and oxygen atoms in total. The summed E-state index contributed by atoms with van der Waals surface area (Å²) < 4.78 is 3.49. The second-order valence-corrected chi connectivity index (χ2v) is 7.44. The molecule has 6 aromatic rings. The van der Waals surface area contributed by atoms with Gasteiger partial charge in [0.25, 0.3) is 0 Å². The summed E-state index contributed by atoms with van der Waals surface area (Å²) in [5, 5.41) is 17.4. The van der Waals surface area contributed by atoms with Crippen LogP contribution in [0.5, 0.6) is 0 Å². The third kappa shape index (κ3) is 2.81. The smallest absolute Gasteiger partial charge is 0.432 e. The SMILES string of the molecule is [O-]C=c1c(-c2ccccc2)nc2n[n+]3c(-c4ccccc4)cc(-c4ccccc4)nc3n12. The lowest BCUT2D eigenvalue weighted by Crippen LogP contribution is -2.30. The van der Waals surface area contributed by atoms with E-state index in [1.54, 1.807) is 8.92 Å². The van der Waals surface area contributed by atoms with Crippen LogP contribution in [0.4, 0.5) is 0 Å². The van der Waals surface area contributed by atoms with Crippen molar-refractivity contribution in [2.75, 3.05) is 0 Å². The number of benzene rings is 3. The van der Waals surface area contributed by atoms with Crippen LogP contribution in [-0.4, -0.2) is 19.5 Å². The van der Waals surface area contributed by atoms with Crippen molar-refractivity contribution in [2.24, 2.45) is 0 Å². The normalized spacial score (nSPS) is 12.1. The maximum Gasteiger partial charge on any atom is 0.432 e. The molecule has 0 aliphatic heterocycles. The van der Waals surface area contributed by atoms with E-state index in [0.29, 0.717) is 22.6 Å². The van der Waals surface area contributed by atoms with Crippen molar-refractivity contribution in [3.05, 3.63) is 102 Å². The molecule has 0 fully saturated rings. The van der Waals surface area contributed by atoms with Gasteiger partial charge in [0, 0.05) is 22.8 Å². The number of rotatable bonds is 3. The van der Waals surface area contributed by atoms with Crippen LogP contribution in [0.3, 0.4) is 0 Å². The largest absolute Gasteiger partial charge is 0.875 e. The number of fused-ring (bicyclic) bond motifs is 3. The van der Waals surface area contributed by atoms with Gasteiger partial charge in [-0.3, -0.25) is 0 Å². The first-order valence-corrected chi connectivity index (χ1v) is 10.3. The summed E-state index contributed by atoms with van der Waals surface area (Å²) in [4.78, 5) is 9.59. The highest BCUT2D eigenvalue weighted by molar-refractivity contribution is 5.69. The monoisotopic (exact) mass is 415 g/mol. The van der Waals surface area contributed by atoms with E-state index >= 15 is 0 Å². The fraction of sp³-hybridized carbons (Fsp3) is 0. The lowest BCUT2D eigenvalue weighted by molar-refractivity contribution is -0.566. The molecular weight excluding hydrogens is 398 g/mol. The van der Waals surface area contributed by atoms with E-state index in [1.807, 2.05) is 97.1 Å². The minimum absolute atomic E-state index is 0.429. The van der Waals surface area contributed by atoms with Gasteiger partial charge < -0.3 is 5.11 Å². The Bertz CT molecular complexity index is 1610. The average Bonchev–Trinajstić information content (AvgIpc) is 3.41. The molecule has 6 heteroatoms. The van der Waals surface area contributed by atoms with Crippen LogP contribution < -0.4 is 15.0 Å². The highest BCUT2D eigenvalue weighted by Crippen LogP contribution is 2.23. The molecule has 0 aliphatic rings. The van der Waals surface area contributed by atoms with Crippen LogP contribution in [-0.2, 0) is 0 Å². The van der Waals surface area contributed by atoms with Crippen LogP contribution in [0.1, 0.15) is 0 Å². The Morgan fingerprint density at radius 2 is 1.31 bits per heavy atom. The van der Waals surface area contributed by atoms with Crippen molar-refractivity contribution in [1.82, 2.24) is 19.5 Å². The Kier molecular flexibility index (Phi) is 4.14. The molecule has 32 heavy (non-hydrogen) atoms. The molecule has 6 rings (SSSR count). The number of hydrogen-bond donors (Lipinski definition) is 0. The molecule has 0 aliphatic carbocycles. The van der Waals surface area contributed by atoms with E-state index in [1.165, 1.54) is 0 Å². The molecule has 0 amide bonds. The van der Waals surface area contributed by atoms with E-state index in [2.05, 4.69) is 4.98 Å². The summed E-state index contributed by atoms with van der Waals surface area (Å²) >= 11 is 0. The summed E-state index contributed by atoms with van der Waals surface area (Å²) in [7, 11) is 0. The summed E-state index contributed by atoms with van der Waals surface area (Å²) in [6.07, 6.45) is 0.822. The zero-order chi connectivity index (χ0) is 21.5. The lowest BCUT2D eigenvalue weighted by atomic mass is 10.1. The molecule has 0 unspecified atom stereocenters. The fourth-order valence-corrected chi connectivity index (χ4v) is 3.99. The molecule has 0 atom stereocenters. The quantitative estimate of drug-likeness (QED) is 0.417. The Morgan fingerprint density at radius 3 is 1.94 bits per heavy atom. The number of nitrogens with zero attached hydrogens (tertiary/aromatic N) is 5. The van der Waals surface area contributed by atoms with Crippen LogP contribution in [0, 0.1) is 0 Å². The van der Waals surface area contributed by atoms with E-state index < -0.39 is 0 Å². The molecule has 0 saturated heterocycles. The Morgan fingerprint density at radius 1 is 0.719 bits per heavy atom. The zero-order valence-corrected chi connectivity index (χ0v) is 17.0. The molecular formula is C26H17N5O. The molecule has 0 spiro atoms. The Labute approximate surface area is 183 Å². The maximum atomic E-state index is 12.2. The van der Waals surface area contributed by atoms with Crippen LogP contribution in [0.15, 0.2) is 97.1 Å². The summed E-state index contributed by atoms with van der Waals surface area (Å²) in [5.41, 5.74) is 5.11. The van der Waals surface area contributed by atoms with Crippen LogP contribution >= 0.6 is 0 Å². The molecule has 3 aromatic heterocycles. The predicted octanol–water partition coefficient (Wildman–Crippen LogP) is 2.68. The molecule has 0 saturated carbocycles. The molecule has 0 radical (unpaired) electrons. The predicted molar refractivity (Wildman–Crippen MR) is 120 cm³/mol. The Balaban J connectivity index is 1.72. The van der Waals surface area contributed by atoms with Gasteiger partial charge in [-0.05, 0) is 5.10 Å². The van der Waals surface area contributed by atoms with Crippen molar-refractivity contribution in [2.45, 2.75) is 0 Å². The maximum absolute atomic E-state index is 12.2.